The van der Waals surface area contributed by atoms with Crippen LogP contribution in [0, 0.1) is 5.92 Å². The number of hydrogen-bond donors (Lipinski definition) is 1. The van der Waals surface area contributed by atoms with Gasteiger partial charge in [-0.15, -0.1) is 0 Å². The predicted octanol–water partition coefficient (Wildman–Crippen LogP) is 2.30. The maximum Gasteiger partial charge on any atom is 0.325 e. The van der Waals surface area contributed by atoms with E-state index in [1.807, 2.05) is 0 Å². The van der Waals surface area contributed by atoms with Crippen molar-refractivity contribution in [1.82, 2.24) is 10.2 Å². The summed E-state index contributed by atoms with van der Waals surface area (Å²) in [5, 5.41) is 2.50. The smallest absolute Gasteiger partial charge is 0.325 e. The van der Waals surface area contributed by atoms with Crippen molar-refractivity contribution in [2.75, 3.05) is 19.8 Å². The van der Waals surface area contributed by atoms with E-state index in [1.54, 1.807) is 4.90 Å². The van der Waals surface area contributed by atoms with Gasteiger partial charge in [0.05, 0.1) is 6.61 Å². The minimum atomic E-state index is -0.602. The lowest BCUT2D eigenvalue weighted by atomic mass is 9.89. The molecular weight excluding hydrogens is 256 g/mol. The summed E-state index contributed by atoms with van der Waals surface area (Å²) in [5.74, 6) is 0.379. The van der Waals surface area contributed by atoms with Gasteiger partial charge in [-0.1, -0.05) is 39.5 Å². The molecule has 0 radical (unpaired) electrons. The van der Waals surface area contributed by atoms with Gasteiger partial charge in [-0.05, 0) is 18.8 Å². The monoisotopic (exact) mass is 282 g/mol. The summed E-state index contributed by atoms with van der Waals surface area (Å²) >= 11 is 0. The highest BCUT2D eigenvalue weighted by molar-refractivity contribution is 6.07. The molecule has 20 heavy (non-hydrogen) atoms. The van der Waals surface area contributed by atoms with Crippen LogP contribution in [0.3, 0.4) is 0 Å². The van der Waals surface area contributed by atoms with Gasteiger partial charge in [-0.3, -0.25) is 10.1 Å². The summed E-state index contributed by atoms with van der Waals surface area (Å²) in [6.07, 6.45) is 5.92. The van der Waals surface area contributed by atoms with Gasteiger partial charge in [0.1, 0.15) is 5.54 Å². The Balaban J connectivity index is 1.99. The minimum absolute atomic E-state index is 0.103. The van der Waals surface area contributed by atoms with Gasteiger partial charge in [-0.2, -0.15) is 0 Å². The van der Waals surface area contributed by atoms with Crippen molar-refractivity contribution in [3.05, 3.63) is 0 Å². The fraction of sp³-hybridized carbons (Fsp3) is 0.867. The molecule has 1 saturated carbocycles. The Morgan fingerprint density at radius 1 is 1.20 bits per heavy atom. The zero-order chi connectivity index (χ0) is 14.6. The molecule has 5 nitrogen and oxygen atoms in total. The number of ether oxygens (including phenoxy) is 1. The van der Waals surface area contributed by atoms with Gasteiger partial charge in [0, 0.05) is 13.2 Å². The molecule has 1 saturated heterocycles. The van der Waals surface area contributed by atoms with E-state index in [9.17, 15) is 9.59 Å². The van der Waals surface area contributed by atoms with Gasteiger partial charge in [-0.25, -0.2) is 4.79 Å². The molecule has 1 spiro atoms. The van der Waals surface area contributed by atoms with Crippen LogP contribution in [-0.4, -0.2) is 42.1 Å². The quantitative estimate of drug-likeness (QED) is 0.622. The molecule has 2 rings (SSSR count). The SMILES string of the molecule is CC(C)COCCN1C(=O)NC(=O)C12CCCCCC2. The van der Waals surface area contributed by atoms with E-state index < -0.39 is 5.54 Å². The fourth-order valence-electron chi connectivity index (χ4n) is 3.20. The molecule has 1 heterocycles. The number of urea groups is 1. The van der Waals surface area contributed by atoms with Crippen molar-refractivity contribution in [2.45, 2.75) is 57.9 Å². The summed E-state index contributed by atoms with van der Waals surface area (Å²) in [6, 6.07) is -0.245. The van der Waals surface area contributed by atoms with Crippen LogP contribution in [0.1, 0.15) is 52.4 Å². The molecule has 2 fully saturated rings. The van der Waals surface area contributed by atoms with Crippen molar-refractivity contribution < 1.29 is 14.3 Å². The van der Waals surface area contributed by atoms with E-state index >= 15 is 0 Å². The number of hydrogen-bond acceptors (Lipinski definition) is 3. The third-order valence-corrected chi connectivity index (χ3v) is 4.25. The third kappa shape index (κ3) is 3.14. The maximum absolute atomic E-state index is 12.3. The standard InChI is InChI=1S/C15H26N2O3/c1-12(2)11-20-10-9-17-14(19)16-13(18)15(17)7-5-3-4-6-8-15/h12H,3-11H2,1-2H3,(H,16,18,19). The first-order chi connectivity index (χ1) is 9.56. The molecule has 0 bridgehead atoms. The lowest BCUT2D eigenvalue weighted by Crippen LogP contribution is -2.50. The zero-order valence-electron chi connectivity index (χ0n) is 12.6. The Bertz CT molecular complexity index is 360. The Kier molecular flexibility index (Phi) is 5.02. The van der Waals surface area contributed by atoms with E-state index in [1.165, 1.54) is 0 Å². The molecule has 0 aromatic rings. The Hall–Kier alpha value is -1.10. The molecule has 3 amide bonds. The summed E-state index contributed by atoms with van der Waals surface area (Å²) in [4.78, 5) is 26.0. The van der Waals surface area contributed by atoms with Gasteiger partial charge in [0.25, 0.3) is 5.91 Å². The minimum Gasteiger partial charge on any atom is -0.379 e. The average molecular weight is 282 g/mol. The molecule has 0 atom stereocenters. The van der Waals surface area contributed by atoms with Crippen molar-refractivity contribution in [1.29, 1.82) is 0 Å². The summed E-state index contributed by atoms with van der Waals surface area (Å²) in [7, 11) is 0. The number of nitrogens with zero attached hydrogens (tertiary/aromatic N) is 1. The lowest BCUT2D eigenvalue weighted by molar-refractivity contribution is -0.127. The molecule has 0 aromatic heterocycles. The molecule has 0 unspecified atom stereocenters. The van der Waals surface area contributed by atoms with Crippen LogP contribution in [0.4, 0.5) is 4.79 Å². The molecule has 114 valence electrons. The summed E-state index contributed by atoms with van der Waals surface area (Å²) in [6.45, 7) is 5.89. The van der Waals surface area contributed by atoms with Gasteiger partial charge in [0.15, 0.2) is 0 Å². The van der Waals surface area contributed by atoms with E-state index in [0.717, 1.165) is 38.5 Å². The van der Waals surface area contributed by atoms with E-state index in [0.29, 0.717) is 25.7 Å². The summed E-state index contributed by atoms with van der Waals surface area (Å²) < 4.78 is 5.57. The first kappa shape index (κ1) is 15.3. The maximum atomic E-state index is 12.3. The highest BCUT2D eigenvalue weighted by Gasteiger charge is 2.51. The number of rotatable bonds is 5. The fourth-order valence-corrected chi connectivity index (χ4v) is 3.20. The normalized spacial score (nSPS) is 22.4. The number of carbonyl (C=O) groups is 2. The molecule has 5 heteroatoms. The number of amides is 3. The van der Waals surface area contributed by atoms with Gasteiger partial charge < -0.3 is 9.64 Å². The van der Waals surface area contributed by atoms with Crippen molar-refractivity contribution in [3.8, 4) is 0 Å². The Morgan fingerprint density at radius 2 is 1.85 bits per heavy atom. The lowest BCUT2D eigenvalue weighted by Gasteiger charge is -2.34. The third-order valence-electron chi connectivity index (χ3n) is 4.25. The summed E-state index contributed by atoms with van der Waals surface area (Å²) in [5.41, 5.74) is -0.602. The molecule has 1 N–H and O–H groups in total. The second-order valence-electron chi connectivity index (χ2n) is 6.33. The van der Waals surface area contributed by atoms with Crippen LogP contribution >= 0.6 is 0 Å². The molecule has 1 aliphatic heterocycles. The highest BCUT2D eigenvalue weighted by Crippen LogP contribution is 2.35. The number of nitrogens with one attached hydrogen (secondary N) is 1. The van der Waals surface area contributed by atoms with Crippen LogP contribution in [0.2, 0.25) is 0 Å². The Labute approximate surface area is 121 Å². The average Bonchev–Trinajstić information content (AvgIpc) is 2.59. The molecular formula is C15H26N2O3. The number of imide groups is 1. The first-order valence-electron chi connectivity index (χ1n) is 7.77. The highest BCUT2D eigenvalue weighted by atomic mass is 16.5. The second-order valence-corrected chi connectivity index (χ2v) is 6.33. The van der Waals surface area contributed by atoms with E-state index in [2.05, 4.69) is 19.2 Å². The zero-order valence-corrected chi connectivity index (χ0v) is 12.6. The van der Waals surface area contributed by atoms with Crippen molar-refractivity contribution in [2.24, 2.45) is 5.92 Å². The van der Waals surface area contributed by atoms with Crippen LogP contribution in [0.25, 0.3) is 0 Å². The molecule has 2 aliphatic rings. The predicted molar refractivity (Wildman–Crippen MR) is 76.3 cm³/mol. The van der Waals surface area contributed by atoms with Crippen LogP contribution in [0.5, 0.6) is 0 Å². The Morgan fingerprint density at radius 3 is 2.45 bits per heavy atom. The van der Waals surface area contributed by atoms with E-state index in [4.69, 9.17) is 4.74 Å². The molecule has 0 aromatic carbocycles. The second kappa shape index (κ2) is 6.57. The van der Waals surface area contributed by atoms with Gasteiger partial charge in [0.2, 0.25) is 0 Å². The van der Waals surface area contributed by atoms with Crippen LogP contribution in [-0.2, 0) is 9.53 Å². The van der Waals surface area contributed by atoms with Crippen molar-refractivity contribution >= 4 is 11.9 Å². The first-order valence-corrected chi connectivity index (χ1v) is 7.77. The van der Waals surface area contributed by atoms with Crippen LogP contribution < -0.4 is 5.32 Å². The number of carbonyl (C=O) groups excluding carboxylic acids is 2. The van der Waals surface area contributed by atoms with Crippen molar-refractivity contribution in [3.63, 3.8) is 0 Å². The van der Waals surface area contributed by atoms with Crippen LogP contribution in [0.15, 0.2) is 0 Å². The topological polar surface area (TPSA) is 58.6 Å². The van der Waals surface area contributed by atoms with Gasteiger partial charge >= 0.3 is 6.03 Å². The largest absolute Gasteiger partial charge is 0.379 e. The molecule has 1 aliphatic carbocycles. The van der Waals surface area contributed by atoms with E-state index in [-0.39, 0.29) is 11.9 Å².